The maximum Gasteiger partial charge on any atom is 0.251 e. The maximum absolute atomic E-state index is 14.8. The van der Waals surface area contributed by atoms with Crippen molar-refractivity contribution < 1.29 is 13.9 Å². The summed E-state index contributed by atoms with van der Waals surface area (Å²) in [6.07, 6.45) is 1.51. The third kappa shape index (κ3) is 5.70. The Kier molecular flexibility index (Phi) is 8.31. The van der Waals surface area contributed by atoms with Crippen LogP contribution < -0.4 is 20.7 Å². The molecule has 1 aromatic carbocycles. The van der Waals surface area contributed by atoms with Crippen molar-refractivity contribution in [1.29, 1.82) is 0 Å². The number of rotatable bonds is 8. The number of piperidine rings is 1. The van der Waals surface area contributed by atoms with Gasteiger partial charge < -0.3 is 25.6 Å². The highest BCUT2D eigenvalue weighted by atomic mass is 19.1. The molecular weight excluding hydrogens is 471 g/mol. The lowest BCUT2D eigenvalue weighted by Gasteiger charge is -2.34. The number of alkyl halides is 1. The average molecular weight is 505 g/mol. The third-order valence-corrected chi connectivity index (χ3v) is 6.57. The quantitative estimate of drug-likeness (QED) is 0.406. The molecule has 2 aromatic heterocycles. The second kappa shape index (κ2) is 11.8. The molecule has 1 amide bonds. The highest BCUT2D eigenvalue weighted by Gasteiger charge is 2.29. The minimum absolute atomic E-state index is 0.184. The lowest BCUT2D eigenvalue weighted by Crippen LogP contribution is -2.47. The summed E-state index contributed by atoms with van der Waals surface area (Å²) < 4.78 is 22.0. The number of hydrogen-bond acceptors (Lipinski definition) is 6. The molecule has 2 atom stereocenters. The number of carbonyl (C=O) groups excluding carboxylic acids is 1. The SMILES string of the molecule is C=Cc1c(C#CCNc2ccc(C(=O)NC)cc2OC)nn2c(N[C@@H]3CCN(CC)C[C@@H]3F)cccc12. The van der Waals surface area contributed by atoms with E-state index >= 15 is 0 Å². The monoisotopic (exact) mass is 504 g/mol. The van der Waals surface area contributed by atoms with Crippen molar-refractivity contribution in [1.82, 2.24) is 19.8 Å². The van der Waals surface area contributed by atoms with Crippen LogP contribution in [0.1, 0.15) is 35.0 Å². The highest BCUT2D eigenvalue weighted by molar-refractivity contribution is 5.95. The van der Waals surface area contributed by atoms with Crippen LogP contribution in [0.4, 0.5) is 15.9 Å². The fourth-order valence-corrected chi connectivity index (χ4v) is 4.49. The van der Waals surface area contributed by atoms with Crippen LogP contribution in [0.15, 0.2) is 43.0 Å². The predicted octanol–water partition coefficient (Wildman–Crippen LogP) is 3.65. The average Bonchev–Trinajstić information content (AvgIpc) is 3.29. The standard InChI is InChI=1S/C28H33FN6O2/c1-5-20-22(9-8-15-31-24-13-12-19(28(36)30-3)17-26(24)37-4)33-35-25(20)10-7-11-27(35)32-23-14-16-34(6-2)18-21(23)29/h5,7,10-13,17,21,23,31-32H,1,6,14-16,18H2,2-4H3,(H,30,36)/t21-,23+/m0/s1. The molecule has 9 heteroatoms. The van der Waals surface area contributed by atoms with E-state index in [0.717, 1.165) is 42.1 Å². The van der Waals surface area contributed by atoms with E-state index in [2.05, 4.69) is 46.2 Å². The number of likely N-dealkylation sites (tertiary alicyclic amines) is 1. The second-order valence-corrected chi connectivity index (χ2v) is 8.77. The molecule has 3 aromatic rings. The van der Waals surface area contributed by atoms with Gasteiger partial charge in [-0.05, 0) is 49.2 Å². The van der Waals surface area contributed by atoms with Crippen LogP contribution in [-0.2, 0) is 0 Å². The van der Waals surface area contributed by atoms with Gasteiger partial charge in [-0.15, -0.1) is 0 Å². The molecule has 3 N–H and O–H groups in total. The van der Waals surface area contributed by atoms with Gasteiger partial charge in [0, 0.05) is 31.3 Å². The zero-order valence-corrected chi connectivity index (χ0v) is 21.5. The van der Waals surface area contributed by atoms with Gasteiger partial charge in [0.15, 0.2) is 0 Å². The van der Waals surface area contributed by atoms with Crippen molar-refractivity contribution in [3.05, 3.63) is 59.8 Å². The molecule has 1 fully saturated rings. The summed E-state index contributed by atoms with van der Waals surface area (Å²) in [6.45, 7) is 8.50. The number of amides is 1. The minimum atomic E-state index is -0.953. The molecule has 0 aliphatic carbocycles. The number of pyridine rings is 1. The molecule has 0 saturated carbocycles. The Morgan fingerprint density at radius 2 is 2.19 bits per heavy atom. The second-order valence-electron chi connectivity index (χ2n) is 8.77. The summed E-state index contributed by atoms with van der Waals surface area (Å²) in [7, 11) is 3.14. The fourth-order valence-electron chi connectivity index (χ4n) is 4.49. The topological polar surface area (TPSA) is 82.9 Å². The number of carbonyl (C=O) groups is 1. The van der Waals surface area contributed by atoms with Gasteiger partial charge in [-0.1, -0.05) is 31.6 Å². The van der Waals surface area contributed by atoms with Crippen LogP contribution >= 0.6 is 0 Å². The van der Waals surface area contributed by atoms with Crippen LogP contribution in [-0.4, -0.2) is 73.0 Å². The van der Waals surface area contributed by atoms with Crippen molar-refractivity contribution in [3.8, 4) is 17.6 Å². The van der Waals surface area contributed by atoms with Gasteiger partial charge in [0.1, 0.15) is 23.4 Å². The van der Waals surface area contributed by atoms with Crippen LogP contribution in [0.5, 0.6) is 5.75 Å². The van der Waals surface area contributed by atoms with Gasteiger partial charge in [0.05, 0.1) is 30.9 Å². The Labute approximate surface area is 216 Å². The number of hydrogen-bond donors (Lipinski definition) is 3. The molecule has 1 saturated heterocycles. The van der Waals surface area contributed by atoms with E-state index in [-0.39, 0.29) is 11.9 Å². The Hall–Kier alpha value is -4.03. The predicted molar refractivity (Wildman–Crippen MR) is 146 cm³/mol. The van der Waals surface area contributed by atoms with Crippen molar-refractivity contribution >= 4 is 29.0 Å². The first-order chi connectivity index (χ1) is 18.0. The normalized spacial score (nSPS) is 17.5. The molecule has 4 rings (SSSR count). The first kappa shape index (κ1) is 26.0. The van der Waals surface area contributed by atoms with Gasteiger partial charge in [0.25, 0.3) is 5.91 Å². The van der Waals surface area contributed by atoms with E-state index in [9.17, 15) is 9.18 Å². The molecule has 0 spiro atoms. The van der Waals surface area contributed by atoms with E-state index in [1.54, 1.807) is 42.9 Å². The van der Waals surface area contributed by atoms with Crippen LogP contribution in [0, 0.1) is 11.8 Å². The minimum Gasteiger partial charge on any atom is -0.495 e. The summed E-state index contributed by atoms with van der Waals surface area (Å²) in [5, 5.41) is 13.9. The summed E-state index contributed by atoms with van der Waals surface area (Å²) in [5.74, 6) is 7.32. The number of ether oxygens (including phenoxy) is 1. The highest BCUT2D eigenvalue weighted by Crippen LogP contribution is 2.26. The van der Waals surface area contributed by atoms with E-state index < -0.39 is 6.17 Å². The third-order valence-electron chi connectivity index (χ3n) is 6.57. The summed E-state index contributed by atoms with van der Waals surface area (Å²) in [4.78, 5) is 14.0. The summed E-state index contributed by atoms with van der Waals surface area (Å²) in [5.41, 5.74) is 3.50. The fraction of sp³-hybridized carbons (Fsp3) is 0.357. The van der Waals surface area contributed by atoms with E-state index in [1.165, 1.54) is 0 Å². The van der Waals surface area contributed by atoms with Crippen molar-refractivity contribution in [3.63, 3.8) is 0 Å². The van der Waals surface area contributed by atoms with Crippen LogP contribution in [0.25, 0.3) is 11.6 Å². The van der Waals surface area contributed by atoms with Gasteiger partial charge in [-0.25, -0.2) is 8.91 Å². The van der Waals surface area contributed by atoms with Crippen molar-refractivity contribution in [2.24, 2.45) is 0 Å². The molecule has 1 aliphatic rings. The van der Waals surface area contributed by atoms with Crippen molar-refractivity contribution in [2.75, 3.05) is 51.0 Å². The van der Waals surface area contributed by atoms with E-state index in [4.69, 9.17) is 9.84 Å². The molecule has 3 heterocycles. The number of methoxy groups -OCH3 is 1. The number of nitrogens with one attached hydrogen (secondary N) is 3. The van der Waals surface area contributed by atoms with Crippen molar-refractivity contribution in [2.45, 2.75) is 25.6 Å². The number of benzene rings is 1. The number of aromatic nitrogens is 2. The smallest absolute Gasteiger partial charge is 0.251 e. The molecule has 0 radical (unpaired) electrons. The van der Waals surface area contributed by atoms with Gasteiger partial charge in [-0.2, -0.15) is 5.10 Å². The first-order valence-electron chi connectivity index (χ1n) is 12.4. The first-order valence-corrected chi connectivity index (χ1v) is 12.4. The van der Waals surface area contributed by atoms with Gasteiger partial charge in [-0.3, -0.25) is 4.79 Å². The number of nitrogens with zero attached hydrogens (tertiary/aromatic N) is 3. The molecule has 1 aliphatic heterocycles. The molecular formula is C28H33FN6O2. The maximum atomic E-state index is 14.8. The van der Waals surface area contributed by atoms with Crippen LogP contribution in [0.3, 0.4) is 0 Å². The van der Waals surface area contributed by atoms with E-state index in [1.807, 2.05) is 18.2 Å². The molecule has 8 nitrogen and oxygen atoms in total. The number of anilines is 2. The Bertz CT molecular complexity index is 1340. The van der Waals surface area contributed by atoms with Gasteiger partial charge in [0.2, 0.25) is 0 Å². The summed E-state index contributed by atoms with van der Waals surface area (Å²) in [6, 6.07) is 10.7. The Morgan fingerprint density at radius 1 is 1.35 bits per heavy atom. The lowest BCUT2D eigenvalue weighted by molar-refractivity contribution is 0.0962. The molecule has 0 unspecified atom stereocenters. The molecule has 194 valence electrons. The Balaban J connectivity index is 1.51. The summed E-state index contributed by atoms with van der Waals surface area (Å²) >= 11 is 0. The number of halogens is 1. The largest absolute Gasteiger partial charge is 0.495 e. The molecule has 0 bridgehead atoms. The zero-order valence-electron chi connectivity index (χ0n) is 21.5. The van der Waals surface area contributed by atoms with E-state index in [0.29, 0.717) is 30.1 Å². The van der Waals surface area contributed by atoms with Gasteiger partial charge >= 0.3 is 0 Å². The zero-order chi connectivity index (χ0) is 26.4. The number of fused-ring (bicyclic) bond motifs is 1. The Morgan fingerprint density at radius 3 is 2.89 bits per heavy atom. The molecule has 37 heavy (non-hydrogen) atoms. The lowest BCUT2D eigenvalue weighted by atomic mass is 10.0. The van der Waals surface area contributed by atoms with Crippen LogP contribution in [0.2, 0.25) is 0 Å².